The van der Waals surface area contributed by atoms with Crippen LogP contribution in [0.25, 0.3) is 0 Å². The highest BCUT2D eigenvalue weighted by atomic mass is 16.2. The van der Waals surface area contributed by atoms with Crippen molar-refractivity contribution in [2.75, 3.05) is 39.8 Å². The summed E-state index contributed by atoms with van der Waals surface area (Å²) in [4.78, 5) is 21.9. The lowest BCUT2D eigenvalue weighted by Gasteiger charge is -2.40. The van der Waals surface area contributed by atoms with Gasteiger partial charge < -0.3 is 10.2 Å². The Morgan fingerprint density at radius 1 is 1.12 bits per heavy atom. The molecule has 0 bridgehead atoms. The first-order valence-corrected chi connectivity index (χ1v) is 12.1. The standard InChI is InChI=1S/C24H37N7O/c1-3-21(20-10-5-4-6-11-20)28-16-18-29(19-17-28)23(25-2)26-13-9-15-31-24(32)30-14-8-7-12-22(30)27-31/h4-6,10-11,21H,3,7-9,12-19H2,1-2H3,(H,25,26). The van der Waals surface area contributed by atoms with E-state index in [9.17, 15) is 4.79 Å². The van der Waals surface area contributed by atoms with Gasteiger partial charge in [-0.05, 0) is 31.2 Å². The van der Waals surface area contributed by atoms with Crippen LogP contribution in [0.15, 0.2) is 40.1 Å². The zero-order valence-corrected chi connectivity index (χ0v) is 19.5. The van der Waals surface area contributed by atoms with Crippen LogP contribution in [0.5, 0.6) is 0 Å². The van der Waals surface area contributed by atoms with Gasteiger partial charge in [-0.2, -0.15) is 5.10 Å². The molecule has 0 saturated carbocycles. The first-order chi connectivity index (χ1) is 15.7. The predicted octanol–water partition coefficient (Wildman–Crippen LogP) is 2.12. The third kappa shape index (κ3) is 5.06. The van der Waals surface area contributed by atoms with Gasteiger partial charge in [0.15, 0.2) is 5.96 Å². The molecule has 2 aromatic rings. The summed E-state index contributed by atoms with van der Waals surface area (Å²) in [6.45, 7) is 8.51. The maximum absolute atomic E-state index is 12.5. The van der Waals surface area contributed by atoms with Gasteiger partial charge in [0.1, 0.15) is 5.82 Å². The Bertz CT molecular complexity index is 941. The van der Waals surface area contributed by atoms with Crippen LogP contribution in [-0.4, -0.2) is 69.9 Å². The molecule has 1 atom stereocenters. The largest absolute Gasteiger partial charge is 0.356 e. The molecule has 8 heteroatoms. The van der Waals surface area contributed by atoms with Crippen LogP contribution >= 0.6 is 0 Å². The van der Waals surface area contributed by atoms with Gasteiger partial charge in [0.25, 0.3) is 0 Å². The second kappa shape index (κ2) is 10.8. The van der Waals surface area contributed by atoms with E-state index in [0.29, 0.717) is 12.6 Å². The summed E-state index contributed by atoms with van der Waals surface area (Å²) >= 11 is 0. The van der Waals surface area contributed by atoms with Crippen LogP contribution < -0.4 is 11.0 Å². The summed E-state index contributed by atoms with van der Waals surface area (Å²) in [5.74, 6) is 1.90. The number of benzene rings is 1. The molecular weight excluding hydrogens is 402 g/mol. The van der Waals surface area contributed by atoms with Gasteiger partial charge in [0.05, 0.1) is 0 Å². The van der Waals surface area contributed by atoms with Crippen LogP contribution in [0, 0.1) is 0 Å². The Labute approximate surface area is 190 Å². The van der Waals surface area contributed by atoms with Gasteiger partial charge in [-0.15, -0.1) is 0 Å². The van der Waals surface area contributed by atoms with Crippen LogP contribution in [0.2, 0.25) is 0 Å². The zero-order valence-electron chi connectivity index (χ0n) is 19.5. The number of guanidine groups is 1. The highest BCUT2D eigenvalue weighted by Crippen LogP contribution is 2.25. The first kappa shape index (κ1) is 22.6. The summed E-state index contributed by atoms with van der Waals surface area (Å²) in [6.07, 6.45) is 5.09. The fraction of sp³-hybridized carbons (Fsp3) is 0.625. The van der Waals surface area contributed by atoms with Crippen molar-refractivity contribution in [3.05, 3.63) is 52.2 Å². The van der Waals surface area contributed by atoms with E-state index in [1.165, 1.54) is 5.56 Å². The Hall–Kier alpha value is -2.61. The van der Waals surface area contributed by atoms with E-state index in [0.717, 1.165) is 83.2 Å². The number of fused-ring (bicyclic) bond motifs is 1. The molecule has 0 aliphatic carbocycles. The molecule has 0 amide bonds. The molecule has 174 valence electrons. The lowest BCUT2D eigenvalue weighted by Crippen LogP contribution is -2.53. The van der Waals surface area contributed by atoms with E-state index in [1.54, 1.807) is 4.68 Å². The topological polar surface area (TPSA) is 70.7 Å². The highest BCUT2D eigenvalue weighted by Gasteiger charge is 2.25. The minimum atomic E-state index is 0.0455. The van der Waals surface area contributed by atoms with Crippen molar-refractivity contribution in [2.24, 2.45) is 4.99 Å². The lowest BCUT2D eigenvalue weighted by atomic mass is 10.0. The van der Waals surface area contributed by atoms with E-state index in [2.05, 4.69) is 62.5 Å². The Morgan fingerprint density at radius 2 is 1.91 bits per heavy atom. The van der Waals surface area contributed by atoms with E-state index in [-0.39, 0.29) is 5.69 Å². The summed E-state index contributed by atoms with van der Waals surface area (Å²) in [7, 11) is 1.85. The normalized spacial score (nSPS) is 18.4. The monoisotopic (exact) mass is 439 g/mol. The molecular formula is C24H37N7O. The third-order valence-electron chi connectivity index (χ3n) is 6.70. The van der Waals surface area contributed by atoms with Crippen LogP contribution in [0.3, 0.4) is 0 Å². The number of nitrogens with one attached hydrogen (secondary N) is 1. The Morgan fingerprint density at radius 3 is 2.59 bits per heavy atom. The van der Waals surface area contributed by atoms with E-state index >= 15 is 0 Å². The van der Waals surface area contributed by atoms with Gasteiger partial charge in [0.2, 0.25) is 0 Å². The van der Waals surface area contributed by atoms with Crippen LogP contribution in [-0.2, 0) is 19.5 Å². The molecule has 1 saturated heterocycles. The van der Waals surface area contributed by atoms with Gasteiger partial charge >= 0.3 is 5.69 Å². The SMILES string of the molecule is CCC(c1ccccc1)N1CCN(C(=NC)NCCCn2nc3n(c2=O)CCCC3)CC1. The van der Waals surface area contributed by atoms with Crippen molar-refractivity contribution in [1.82, 2.24) is 29.5 Å². The number of nitrogens with zero attached hydrogens (tertiary/aromatic N) is 6. The quantitative estimate of drug-likeness (QED) is 0.407. The minimum absolute atomic E-state index is 0.0455. The van der Waals surface area contributed by atoms with Crippen molar-refractivity contribution >= 4 is 5.96 Å². The second-order valence-corrected chi connectivity index (χ2v) is 8.72. The van der Waals surface area contributed by atoms with Crippen LogP contribution in [0.1, 0.15) is 50.0 Å². The number of rotatable bonds is 7. The maximum Gasteiger partial charge on any atom is 0.345 e. The van der Waals surface area contributed by atoms with Gasteiger partial charge in [-0.3, -0.25) is 14.5 Å². The summed E-state index contributed by atoms with van der Waals surface area (Å²) in [5.41, 5.74) is 1.45. The fourth-order valence-electron chi connectivity index (χ4n) is 4.98. The van der Waals surface area contributed by atoms with Crippen LogP contribution in [0.4, 0.5) is 0 Å². The van der Waals surface area contributed by atoms with Crippen molar-refractivity contribution < 1.29 is 0 Å². The van der Waals surface area contributed by atoms with Crippen molar-refractivity contribution in [2.45, 2.75) is 58.2 Å². The molecule has 0 radical (unpaired) electrons. The molecule has 32 heavy (non-hydrogen) atoms. The van der Waals surface area contributed by atoms with Gasteiger partial charge in [-0.1, -0.05) is 37.3 Å². The summed E-state index contributed by atoms with van der Waals surface area (Å²) in [6, 6.07) is 11.3. The molecule has 8 nitrogen and oxygen atoms in total. The molecule has 1 N–H and O–H groups in total. The maximum atomic E-state index is 12.5. The molecule has 1 fully saturated rings. The van der Waals surface area contributed by atoms with Crippen molar-refractivity contribution in [3.8, 4) is 0 Å². The number of hydrogen-bond acceptors (Lipinski definition) is 4. The average molecular weight is 440 g/mol. The van der Waals surface area contributed by atoms with E-state index < -0.39 is 0 Å². The fourth-order valence-corrected chi connectivity index (χ4v) is 4.98. The molecule has 4 rings (SSSR count). The molecule has 2 aliphatic rings. The third-order valence-corrected chi connectivity index (χ3v) is 6.70. The summed E-state index contributed by atoms with van der Waals surface area (Å²) in [5, 5.41) is 8.02. The summed E-state index contributed by atoms with van der Waals surface area (Å²) < 4.78 is 3.48. The van der Waals surface area contributed by atoms with E-state index in [1.807, 2.05) is 11.6 Å². The smallest absolute Gasteiger partial charge is 0.345 e. The predicted molar refractivity (Wildman–Crippen MR) is 128 cm³/mol. The first-order valence-electron chi connectivity index (χ1n) is 12.1. The minimum Gasteiger partial charge on any atom is -0.356 e. The Balaban J connectivity index is 1.24. The molecule has 1 aromatic carbocycles. The zero-order chi connectivity index (χ0) is 22.3. The van der Waals surface area contributed by atoms with Gasteiger partial charge in [0, 0.05) is 65.3 Å². The van der Waals surface area contributed by atoms with E-state index in [4.69, 9.17) is 0 Å². The average Bonchev–Trinajstić information content (AvgIpc) is 3.16. The lowest BCUT2D eigenvalue weighted by molar-refractivity contribution is 0.127. The van der Waals surface area contributed by atoms with Crippen molar-refractivity contribution in [3.63, 3.8) is 0 Å². The number of aliphatic imine (C=N–C) groups is 1. The molecule has 2 aliphatic heterocycles. The number of aryl methyl sites for hydroxylation is 2. The van der Waals surface area contributed by atoms with Crippen molar-refractivity contribution in [1.29, 1.82) is 0 Å². The second-order valence-electron chi connectivity index (χ2n) is 8.72. The highest BCUT2D eigenvalue weighted by molar-refractivity contribution is 5.79. The number of aromatic nitrogens is 3. The number of piperazine rings is 1. The van der Waals surface area contributed by atoms with Gasteiger partial charge in [-0.25, -0.2) is 9.48 Å². The molecule has 3 heterocycles. The molecule has 1 unspecified atom stereocenters. The molecule has 1 aromatic heterocycles. The Kier molecular flexibility index (Phi) is 7.63. The number of hydrogen-bond donors (Lipinski definition) is 1. The molecule has 0 spiro atoms.